The van der Waals surface area contributed by atoms with E-state index < -0.39 is 0 Å². The molecule has 2 aromatic rings. The van der Waals surface area contributed by atoms with Gasteiger partial charge in [-0.25, -0.2) is 0 Å². The minimum absolute atomic E-state index is 0. The summed E-state index contributed by atoms with van der Waals surface area (Å²) in [5.74, 6) is 1.96. The van der Waals surface area contributed by atoms with Crippen LogP contribution in [-0.2, 0) is 21.6 Å². The Balaban J connectivity index is 0.00000204. The van der Waals surface area contributed by atoms with Gasteiger partial charge in [0.15, 0.2) is 0 Å². The fourth-order valence-electron chi connectivity index (χ4n) is 6.00. The van der Waals surface area contributed by atoms with E-state index in [-0.39, 0.29) is 23.9 Å². The molecule has 2 aromatic heterocycles. The topological polar surface area (TPSA) is 67.4 Å². The lowest BCUT2D eigenvalue weighted by Crippen LogP contribution is -2.56. The summed E-state index contributed by atoms with van der Waals surface area (Å²) in [4.78, 5) is 26.6. The van der Waals surface area contributed by atoms with Crippen molar-refractivity contribution >= 4 is 29.7 Å². The maximum atomic E-state index is 13.2. The molecule has 166 valence electrons. The predicted octanol–water partition coefficient (Wildman–Crippen LogP) is 3.26. The van der Waals surface area contributed by atoms with Crippen LogP contribution < -0.4 is 5.32 Å². The Morgan fingerprint density at radius 1 is 1.29 bits per heavy atom. The Kier molecular flexibility index (Phi) is 5.79. The van der Waals surface area contributed by atoms with E-state index >= 15 is 0 Å². The molecule has 2 saturated heterocycles. The fraction of sp³-hybridized carbons (Fsp3) is 0.609. The van der Waals surface area contributed by atoms with Crippen LogP contribution in [0.5, 0.6) is 0 Å². The standard InChI is InChI=1S/C23H28N4O2S.ClH/c28-22(16-11-15-1-5-24-13-17(15)16)27-8-3-23(4-9-27)18-12-21(19-14-25-6-7-26-19)30-20(18)2-10-29-23;/h6-7,12,14-17,24H,1-5,8-11,13H2;1H/t15-,16-,17-;/m1./s1. The van der Waals surface area contributed by atoms with Crippen molar-refractivity contribution in [2.45, 2.75) is 37.7 Å². The number of aromatic nitrogens is 2. The molecule has 1 amide bonds. The molecule has 4 aliphatic rings. The van der Waals surface area contributed by atoms with E-state index in [4.69, 9.17) is 4.74 Å². The molecule has 3 aliphatic heterocycles. The van der Waals surface area contributed by atoms with Crippen molar-refractivity contribution in [3.8, 4) is 10.6 Å². The zero-order chi connectivity index (χ0) is 20.1. The van der Waals surface area contributed by atoms with Gasteiger partial charge in [0.2, 0.25) is 5.91 Å². The van der Waals surface area contributed by atoms with E-state index in [9.17, 15) is 4.79 Å². The van der Waals surface area contributed by atoms with Crippen LogP contribution in [-0.4, -0.2) is 53.6 Å². The lowest BCUT2D eigenvalue weighted by Gasteiger charge is -2.50. The first kappa shape index (κ1) is 21.3. The number of likely N-dealkylation sites (tertiary alicyclic amines) is 1. The molecule has 0 bridgehead atoms. The monoisotopic (exact) mass is 460 g/mol. The number of thiophene rings is 1. The summed E-state index contributed by atoms with van der Waals surface area (Å²) < 4.78 is 6.42. The summed E-state index contributed by atoms with van der Waals surface area (Å²) in [6.07, 6.45) is 10.4. The van der Waals surface area contributed by atoms with Gasteiger partial charge in [0.05, 0.1) is 29.0 Å². The van der Waals surface area contributed by atoms with Crippen molar-refractivity contribution in [1.82, 2.24) is 20.2 Å². The molecule has 1 N–H and O–H groups in total. The third-order valence-corrected chi connectivity index (χ3v) is 8.99. The zero-order valence-electron chi connectivity index (χ0n) is 17.6. The quantitative estimate of drug-likeness (QED) is 0.745. The van der Waals surface area contributed by atoms with Gasteiger partial charge in [-0.15, -0.1) is 23.7 Å². The number of hydrogen-bond acceptors (Lipinski definition) is 6. The number of nitrogens with one attached hydrogen (secondary N) is 1. The molecule has 3 atom stereocenters. The summed E-state index contributed by atoms with van der Waals surface area (Å²) in [5.41, 5.74) is 2.02. The number of carbonyl (C=O) groups is 1. The molecule has 6 rings (SSSR count). The SMILES string of the molecule is Cl.O=C([C@@H]1C[C@H]2CCNC[C@H]21)N1CCC2(CC1)OCCc1sc(-c3cnccn3)cc12. The Bertz CT molecular complexity index is 944. The second-order valence-corrected chi connectivity index (χ2v) is 10.4. The van der Waals surface area contributed by atoms with Crippen molar-refractivity contribution < 1.29 is 9.53 Å². The van der Waals surface area contributed by atoms with Crippen LogP contribution in [0, 0.1) is 17.8 Å². The molecule has 31 heavy (non-hydrogen) atoms. The smallest absolute Gasteiger partial charge is 0.226 e. The Hall–Kier alpha value is -1.54. The van der Waals surface area contributed by atoms with Crippen LogP contribution in [0.15, 0.2) is 24.7 Å². The molecule has 1 aliphatic carbocycles. The predicted molar refractivity (Wildman–Crippen MR) is 122 cm³/mol. The third kappa shape index (κ3) is 3.59. The van der Waals surface area contributed by atoms with Crippen LogP contribution in [0.4, 0.5) is 0 Å². The van der Waals surface area contributed by atoms with E-state index in [1.807, 2.05) is 17.5 Å². The Morgan fingerprint density at radius 3 is 2.94 bits per heavy atom. The largest absolute Gasteiger partial charge is 0.370 e. The molecule has 3 fully saturated rings. The molecule has 6 nitrogen and oxygen atoms in total. The first-order valence-corrected chi connectivity index (χ1v) is 12.1. The second kappa shape index (κ2) is 8.43. The van der Waals surface area contributed by atoms with Gasteiger partial charge >= 0.3 is 0 Å². The Labute approximate surface area is 193 Å². The highest BCUT2D eigenvalue weighted by atomic mass is 35.5. The normalized spacial score (nSPS) is 28.8. The van der Waals surface area contributed by atoms with Gasteiger partial charge in [0.1, 0.15) is 0 Å². The average molecular weight is 461 g/mol. The number of nitrogens with zero attached hydrogens (tertiary/aromatic N) is 3. The molecule has 0 radical (unpaired) electrons. The van der Waals surface area contributed by atoms with Crippen LogP contribution >= 0.6 is 23.7 Å². The minimum atomic E-state index is -0.240. The van der Waals surface area contributed by atoms with Gasteiger partial charge in [0, 0.05) is 42.7 Å². The molecule has 0 unspecified atom stereocenters. The first-order chi connectivity index (χ1) is 14.7. The van der Waals surface area contributed by atoms with E-state index in [1.165, 1.54) is 21.7 Å². The van der Waals surface area contributed by atoms with Gasteiger partial charge < -0.3 is 15.0 Å². The van der Waals surface area contributed by atoms with Crippen molar-refractivity contribution in [3.05, 3.63) is 35.1 Å². The first-order valence-electron chi connectivity index (χ1n) is 11.3. The van der Waals surface area contributed by atoms with Gasteiger partial charge in [-0.2, -0.15) is 0 Å². The maximum Gasteiger partial charge on any atom is 0.226 e. The molecule has 1 spiro atoms. The molecular formula is C23H29ClN4O2S. The lowest BCUT2D eigenvalue weighted by molar-refractivity contribution is -0.153. The highest BCUT2D eigenvalue weighted by Gasteiger charge is 2.49. The number of piperidine rings is 2. The Morgan fingerprint density at radius 2 is 2.16 bits per heavy atom. The average Bonchev–Trinajstić information content (AvgIpc) is 3.22. The molecule has 1 saturated carbocycles. The molecule has 0 aromatic carbocycles. The van der Waals surface area contributed by atoms with E-state index in [1.54, 1.807) is 12.4 Å². The molecular weight excluding hydrogens is 432 g/mol. The maximum absolute atomic E-state index is 13.2. The number of halogens is 1. The van der Waals surface area contributed by atoms with Gasteiger partial charge in [-0.3, -0.25) is 14.8 Å². The third-order valence-electron chi connectivity index (χ3n) is 7.77. The second-order valence-electron chi connectivity index (χ2n) is 9.22. The summed E-state index contributed by atoms with van der Waals surface area (Å²) in [7, 11) is 0. The zero-order valence-corrected chi connectivity index (χ0v) is 19.2. The van der Waals surface area contributed by atoms with Crippen LogP contribution in [0.1, 0.15) is 36.1 Å². The van der Waals surface area contributed by atoms with Crippen molar-refractivity contribution in [2.24, 2.45) is 17.8 Å². The number of carbonyl (C=O) groups excluding carboxylic acids is 1. The molecule has 8 heteroatoms. The summed E-state index contributed by atoms with van der Waals surface area (Å²) in [6, 6.07) is 2.27. The van der Waals surface area contributed by atoms with E-state index in [0.29, 0.717) is 11.8 Å². The lowest BCUT2D eigenvalue weighted by atomic mass is 9.61. The van der Waals surface area contributed by atoms with Gasteiger partial charge in [-0.1, -0.05) is 0 Å². The van der Waals surface area contributed by atoms with Gasteiger partial charge in [-0.05, 0) is 62.2 Å². The highest BCUT2D eigenvalue weighted by Crippen LogP contribution is 2.48. The van der Waals surface area contributed by atoms with E-state index in [0.717, 1.165) is 70.1 Å². The van der Waals surface area contributed by atoms with Crippen LogP contribution in [0.2, 0.25) is 0 Å². The van der Waals surface area contributed by atoms with Crippen LogP contribution in [0.3, 0.4) is 0 Å². The minimum Gasteiger partial charge on any atom is -0.370 e. The van der Waals surface area contributed by atoms with Crippen molar-refractivity contribution in [3.63, 3.8) is 0 Å². The highest BCUT2D eigenvalue weighted by molar-refractivity contribution is 7.15. The van der Waals surface area contributed by atoms with Crippen molar-refractivity contribution in [1.29, 1.82) is 0 Å². The van der Waals surface area contributed by atoms with Crippen LogP contribution in [0.25, 0.3) is 10.6 Å². The number of rotatable bonds is 2. The van der Waals surface area contributed by atoms with Crippen molar-refractivity contribution in [2.75, 3.05) is 32.8 Å². The number of amides is 1. The summed E-state index contributed by atoms with van der Waals surface area (Å²) >= 11 is 1.82. The fourth-order valence-corrected chi connectivity index (χ4v) is 7.19. The molecule has 5 heterocycles. The van der Waals surface area contributed by atoms with Gasteiger partial charge in [0.25, 0.3) is 0 Å². The number of fused-ring (bicyclic) bond motifs is 3. The number of ether oxygens (including phenoxy) is 1. The number of hydrogen-bond donors (Lipinski definition) is 1. The summed E-state index contributed by atoms with van der Waals surface area (Å²) in [5, 5.41) is 3.48. The summed E-state index contributed by atoms with van der Waals surface area (Å²) in [6.45, 7) is 4.50. The van der Waals surface area contributed by atoms with E-state index in [2.05, 4.69) is 26.3 Å².